The lowest BCUT2D eigenvalue weighted by atomic mass is 10.2. The van der Waals surface area contributed by atoms with Crippen molar-refractivity contribution in [3.63, 3.8) is 0 Å². The summed E-state index contributed by atoms with van der Waals surface area (Å²) in [6.45, 7) is 4.11. The Bertz CT molecular complexity index is 953. The van der Waals surface area contributed by atoms with Gasteiger partial charge >= 0.3 is 23.9 Å². The highest BCUT2D eigenvalue weighted by molar-refractivity contribution is 5.94. The van der Waals surface area contributed by atoms with E-state index in [1.165, 1.54) is 38.1 Å². The molecule has 0 spiro atoms. The summed E-state index contributed by atoms with van der Waals surface area (Å²) in [5, 5.41) is 0. The molecule has 0 unspecified atom stereocenters. The van der Waals surface area contributed by atoms with Crippen molar-refractivity contribution >= 4 is 23.9 Å². The van der Waals surface area contributed by atoms with E-state index in [0.717, 1.165) is 0 Å². The lowest BCUT2D eigenvalue weighted by molar-refractivity contribution is -0.132. The molecule has 0 saturated carbocycles. The zero-order valence-corrected chi connectivity index (χ0v) is 20.8. The monoisotopic (exact) mass is 518 g/mol. The third kappa shape index (κ3) is 11.7. The first-order valence-electron chi connectivity index (χ1n) is 11.5. The Morgan fingerprint density at radius 1 is 0.514 bits per heavy atom. The number of ether oxygens (including phenoxy) is 7. The first-order chi connectivity index (χ1) is 17.9. The van der Waals surface area contributed by atoms with Crippen LogP contribution < -0.4 is 9.47 Å². The van der Waals surface area contributed by atoms with E-state index in [4.69, 9.17) is 33.2 Å². The van der Waals surface area contributed by atoms with Crippen molar-refractivity contribution in [3.8, 4) is 11.5 Å². The lowest BCUT2D eigenvalue weighted by Gasteiger charge is -2.10. The van der Waals surface area contributed by atoms with Gasteiger partial charge in [-0.25, -0.2) is 9.59 Å². The van der Waals surface area contributed by atoms with E-state index >= 15 is 0 Å². The summed E-state index contributed by atoms with van der Waals surface area (Å²) >= 11 is 0. The molecular weight excluding hydrogens is 488 g/mol. The standard InChI is InChI=1S/C26H30O11/c1-19(27)36-23-9-5-3-7-21(23)25(29)34-17-15-32-13-11-31-12-14-33-16-18-35-26(30)22-8-4-6-10-24(22)37-20(2)28/h3-10H,11-18H2,1-2H3. The summed E-state index contributed by atoms with van der Waals surface area (Å²) in [4.78, 5) is 46.5. The zero-order chi connectivity index (χ0) is 26.9. The van der Waals surface area contributed by atoms with Gasteiger partial charge in [0.05, 0.1) is 39.6 Å². The van der Waals surface area contributed by atoms with Crippen molar-refractivity contribution in [2.24, 2.45) is 0 Å². The first-order valence-corrected chi connectivity index (χ1v) is 11.5. The van der Waals surface area contributed by atoms with Crippen molar-refractivity contribution < 1.29 is 52.3 Å². The van der Waals surface area contributed by atoms with Crippen molar-refractivity contribution in [2.45, 2.75) is 13.8 Å². The number of carbonyl (C=O) groups is 4. The predicted molar refractivity (Wildman–Crippen MR) is 129 cm³/mol. The largest absolute Gasteiger partial charge is 0.460 e. The molecule has 0 aliphatic rings. The van der Waals surface area contributed by atoms with Crippen LogP contribution in [0.5, 0.6) is 11.5 Å². The number of hydrogen-bond acceptors (Lipinski definition) is 11. The highest BCUT2D eigenvalue weighted by atomic mass is 16.6. The van der Waals surface area contributed by atoms with E-state index in [1.807, 2.05) is 0 Å². The second kappa shape index (κ2) is 16.8. The minimum atomic E-state index is -0.617. The number of hydrogen-bond donors (Lipinski definition) is 0. The maximum atomic E-state index is 12.1. The van der Waals surface area contributed by atoms with Crippen LogP contribution in [-0.2, 0) is 33.3 Å². The summed E-state index contributed by atoms with van der Waals surface area (Å²) < 4.78 is 36.3. The Morgan fingerprint density at radius 3 is 1.19 bits per heavy atom. The number of para-hydroxylation sites is 2. The van der Waals surface area contributed by atoms with Gasteiger partial charge in [-0.05, 0) is 24.3 Å². The fourth-order valence-electron chi connectivity index (χ4n) is 2.84. The van der Waals surface area contributed by atoms with Crippen molar-refractivity contribution in [1.82, 2.24) is 0 Å². The Kier molecular flexibility index (Phi) is 13.4. The van der Waals surface area contributed by atoms with Gasteiger partial charge in [-0.1, -0.05) is 24.3 Å². The van der Waals surface area contributed by atoms with E-state index in [-0.39, 0.29) is 49.1 Å². The summed E-state index contributed by atoms with van der Waals surface area (Å²) in [6.07, 6.45) is 0. The van der Waals surface area contributed by atoms with Gasteiger partial charge in [0, 0.05) is 13.8 Å². The van der Waals surface area contributed by atoms with Gasteiger partial charge in [-0.3, -0.25) is 9.59 Å². The molecule has 0 aromatic heterocycles. The molecule has 2 aromatic rings. The minimum Gasteiger partial charge on any atom is -0.460 e. The lowest BCUT2D eigenvalue weighted by Crippen LogP contribution is -2.16. The second-order valence-corrected chi connectivity index (χ2v) is 7.29. The average Bonchev–Trinajstić information content (AvgIpc) is 2.86. The van der Waals surface area contributed by atoms with Gasteiger partial charge in [0.15, 0.2) is 0 Å². The number of benzene rings is 2. The average molecular weight is 519 g/mol. The summed E-state index contributed by atoms with van der Waals surface area (Å²) in [5.41, 5.74) is 0.310. The molecule has 200 valence electrons. The van der Waals surface area contributed by atoms with E-state index in [2.05, 4.69) is 0 Å². The second-order valence-electron chi connectivity index (χ2n) is 7.29. The molecule has 0 aliphatic carbocycles. The maximum absolute atomic E-state index is 12.1. The van der Waals surface area contributed by atoms with Crippen molar-refractivity contribution in [3.05, 3.63) is 59.7 Å². The van der Waals surface area contributed by atoms with Crippen LogP contribution in [0.4, 0.5) is 0 Å². The summed E-state index contributed by atoms with van der Waals surface area (Å²) in [5.74, 6) is -2.02. The van der Waals surface area contributed by atoms with Gasteiger partial charge in [-0.15, -0.1) is 0 Å². The summed E-state index contributed by atoms with van der Waals surface area (Å²) in [7, 11) is 0. The maximum Gasteiger partial charge on any atom is 0.342 e. The van der Waals surface area contributed by atoms with Crippen LogP contribution in [0.1, 0.15) is 34.6 Å². The predicted octanol–water partition coefficient (Wildman–Crippen LogP) is 2.60. The van der Waals surface area contributed by atoms with Crippen molar-refractivity contribution in [1.29, 1.82) is 0 Å². The molecule has 11 heteroatoms. The van der Waals surface area contributed by atoms with E-state index in [9.17, 15) is 19.2 Å². The minimum absolute atomic E-state index is 0.0282. The molecule has 0 amide bonds. The molecule has 0 radical (unpaired) electrons. The van der Waals surface area contributed by atoms with Crippen LogP contribution in [0, 0.1) is 0 Å². The van der Waals surface area contributed by atoms with Crippen LogP contribution in [0.15, 0.2) is 48.5 Å². The fourth-order valence-corrected chi connectivity index (χ4v) is 2.84. The van der Waals surface area contributed by atoms with Crippen LogP contribution in [0.2, 0.25) is 0 Å². The summed E-state index contributed by atoms with van der Waals surface area (Å²) in [6, 6.07) is 12.6. The van der Waals surface area contributed by atoms with Gasteiger partial charge in [0.2, 0.25) is 0 Å². The van der Waals surface area contributed by atoms with Crippen LogP contribution in [0.25, 0.3) is 0 Å². The normalized spacial score (nSPS) is 10.4. The Labute approximate surface area is 214 Å². The van der Waals surface area contributed by atoms with Crippen molar-refractivity contribution in [2.75, 3.05) is 52.9 Å². The first kappa shape index (κ1) is 29.4. The van der Waals surface area contributed by atoms with E-state index in [0.29, 0.717) is 26.4 Å². The molecule has 37 heavy (non-hydrogen) atoms. The Morgan fingerprint density at radius 2 is 0.838 bits per heavy atom. The van der Waals surface area contributed by atoms with Gasteiger partial charge in [0.25, 0.3) is 0 Å². The molecule has 0 heterocycles. The molecule has 0 aliphatic heterocycles. The molecule has 0 fully saturated rings. The van der Waals surface area contributed by atoms with E-state index < -0.39 is 23.9 Å². The quantitative estimate of drug-likeness (QED) is 0.184. The molecule has 0 saturated heterocycles. The third-order valence-electron chi connectivity index (χ3n) is 4.39. The molecular formula is C26H30O11. The number of carbonyl (C=O) groups excluding carboxylic acids is 4. The Balaban J connectivity index is 1.47. The van der Waals surface area contributed by atoms with Gasteiger partial charge < -0.3 is 33.2 Å². The van der Waals surface area contributed by atoms with Gasteiger partial charge in [0.1, 0.15) is 35.8 Å². The Hall–Kier alpha value is -3.80. The zero-order valence-electron chi connectivity index (χ0n) is 20.8. The molecule has 2 aromatic carbocycles. The van der Waals surface area contributed by atoms with E-state index in [1.54, 1.807) is 24.3 Å². The molecule has 11 nitrogen and oxygen atoms in total. The van der Waals surface area contributed by atoms with Crippen LogP contribution in [-0.4, -0.2) is 76.7 Å². The fraction of sp³-hybridized carbons (Fsp3) is 0.385. The van der Waals surface area contributed by atoms with Crippen LogP contribution in [0.3, 0.4) is 0 Å². The highest BCUT2D eigenvalue weighted by Crippen LogP contribution is 2.20. The highest BCUT2D eigenvalue weighted by Gasteiger charge is 2.15. The molecule has 0 bridgehead atoms. The molecule has 0 N–H and O–H groups in total. The third-order valence-corrected chi connectivity index (χ3v) is 4.39. The molecule has 0 atom stereocenters. The number of rotatable bonds is 16. The SMILES string of the molecule is CC(=O)Oc1ccccc1C(=O)OCCOCCOCCOCCOC(=O)c1ccccc1OC(C)=O. The van der Waals surface area contributed by atoms with Crippen LogP contribution >= 0.6 is 0 Å². The number of esters is 4. The smallest absolute Gasteiger partial charge is 0.342 e. The van der Waals surface area contributed by atoms with Gasteiger partial charge in [-0.2, -0.15) is 0 Å². The topological polar surface area (TPSA) is 133 Å². The molecule has 2 rings (SSSR count).